The lowest BCUT2D eigenvalue weighted by Gasteiger charge is -2.12. The molecule has 0 aliphatic heterocycles. The molecule has 0 spiro atoms. The molecule has 0 fully saturated rings. The highest BCUT2D eigenvalue weighted by Crippen LogP contribution is 2.35. The number of aromatic nitrogens is 1. The maximum atomic E-state index is 12.7. The van der Waals surface area contributed by atoms with E-state index >= 15 is 0 Å². The van der Waals surface area contributed by atoms with E-state index in [0.29, 0.717) is 5.39 Å². The van der Waals surface area contributed by atoms with Gasteiger partial charge in [0.05, 0.1) is 0 Å². The van der Waals surface area contributed by atoms with Gasteiger partial charge in [-0.2, -0.15) is 13.2 Å². The van der Waals surface area contributed by atoms with E-state index in [0.717, 1.165) is 10.6 Å². The number of carbonyl (C=O) groups is 2. The number of phenolic OH excluding ortho intramolecular Hbond substituents is 2. The molecule has 0 unspecified atom stereocenters. The normalized spacial score (nSPS) is 11.6. The van der Waals surface area contributed by atoms with Crippen LogP contribution in [0.2, 0.25) is 0 Å². The van der Waals surface area contributed by atoms with Crippen molar-refractivity contribution in [2.45, 2.75) is 26.6 Å². The molecular formula is C21H18F3NO5. The van der Waals surface area contributed by atoms with Crippen molar-refractivity contribution in [1.29, 1.82) is 0 Å². The van der Waals surface area contributed by atoms with Gasteiger partial charge in [0.2, 0.25) is 5.78 Å². The summed E-state index contributed by atoms with van der Waals surface area (Å²) < 4.78 is 44.1. The Hall–Kier alpha value is -3.49. The standard InChI is InChI=1S/C21H18F3NO5/c1-11-7-15(12(2)25(11)10-21(22,23)24)18(27)9-30-20(29)16-8-17(26)13-5-3-4-6-14(13)19(16)28/h3-8,26,28H,9-10H2,1-2H3. The lowest BCUT2D eigenvalue weighted by atomic mass is 10.0. The third-order valence-electron chi connectivity index (χ3n) is 4.76. The minimum Gasteiger partial charge on any atom is -0.507 e. The monoisotopic (exact) mass is 421 g/mol. The highest BCUT2D eigenvalue weighted by atomic mass is 19.4. The quantitative estimate of drug-likeness (QED) is 0.365. The van der Waals surface area contributed by atoms with Gasteiger partial charge in [-0.25, -0.2) is 4.79 Å². The van der Waals surface area contributed by atoms with E-state index in [4.69, 9.17) is 4.74 Å². The van der Waals surface area contributed by atoms with Crippen LogP contribution in [0.25, 0.3) is 10.8 Å². The molecule has 30 heavy (non-hydrogen) atoms. The number of aryl methyl sites for hydroxylation is 1. The van der Waals surface area contributed by atoms with Gasteiger partial charge < -0.3 is 19.5 Å². The molecule has 9 heteroatoms. The van der Waals surface area contributed by atoms with Crippen LogP contribution in [0.4, 0.5) is 13.2 Å². The predicted molar refractivity (Wildman–Crippen MR) is 102 cm³/mol. The zero-order valence-corrected chi connectivity index (χ0v) is 16.1. The fourth-order valence-corrected chi connectivity index (χ4v) is 3.29. The minimum atomic E-state index is -4.45. The zero-order valence-electron chi connectivity index (χ0n) is 16.1. The number of esters is 1. The summed E-state index contributed by atoms with van der Waals surface area (Å²) >= 11 is 0. The summed E-state index contributed by atoms with van der Waals surface area (Å²) in [7, 11) is 0. The van der Waals surface area contributed by atoms with E-state index in [1.54, 1.807) is 18.2 Å². The smallest absolute Gasteiger partial charge is 0.406 e. The number of Topliss-reactive ketones (excluding diaryl/α,β-unsaturated/α-hetero) is 1. The summed E-state index contributed by atoms with van der Waals surface area (Å²) in [5.74, 6) is -2.40. The molecule has 0 saturated heterocycles. The van der Waals surface area contributed by atoms with E-state index < -0.39 is 36.8 Å². The van der Waals surface area contributed by atoms with Gasteiger partial charge in [-0.15, -0.1) is 0 Å². The summed E-state index contributed by atoms with van der Waals surface area (Å²) in [6, 6.07) is 8.64. The van der Waals surface area contributed by atoms with Crippen molar-refractivity contribution < 1.29 is 37.7 Å². The Morgan fingerprint density at radius 2 is 1.67 bits per heavy atom. The van der Waals surface area contributed by atoms with Gasteiger partial charge in [0.15, 0.2) is 6.61 Å². The number of fused-ring (bicyclic) bond motifs is 1. The fraction of sp³-hybridized carbons (Fsp3) is 0.238. The Labute approximate surface area is 169 Å². The van der Waals surface area contributed by atoms with E-state index in [9.17, 15) is 33.0 Å². The molecule has 0 aliphatic carbocycles. The van der Waals surface area contributed by atoms with Crippen LogP contribution in [0, 0.1) is 13.8 Å². The second-order valence-corrected chi connectivity index (χ2v) is 6.82. The van der Waals surface area contributed by atoms with E-state index in [-0.39, 0.29) is 33.7 Å². The molecule has 0 aliphatic rings. The average molecular weight is 421 g/mol. The Morgan fingerprint density at radius 3 is 2.30 bits per heavy atom. The van der Waals surface area contributed by atoms with Crippen molar-refractivity contribution in [2.24, 2.45) is 0 Å². The zero-order chi connectivity index (χ0) is 22.2. The number of hydrogen-bond acceptors (Lipinski definition) is 5. The third-order valence-corrected chi connectivity index (χ3v) is 4.76. The number of nitrogens with zero attached hydrogens (tertiary/aromatic N) is 1. The molecule has 2 N–H and O–H groups in total. The van der Waals surface area contributed by atoms with Crippen LogP contribution in [0.5, 0.6) is 11.5 Å². The van der Waals surface area contributed by atoms with Crippen molar-refractivity contribution in [3.05, 3.63) is 58.9 Å². The molecule has 6 nitrogen and oxygen atoms in total. The van der Waals surface area contributed by atoms with Crippen molar-refractivity contribution in [3.8, 4) is 11.5 Å². The van der Waals surface area contributed by atoms with Gasteiger partial charge in [-0.3, -0.25) is 4.79 Å². The van der Waals surface area contributed by atoms with Crippen LogP contribution >= 0.6 is 0 Å². The number of benzene rings is 2. The summed E-state index contributed by atoms with van der Waals surface area (Å²) in [6.45, 7) is 0.850. The topological polar surface area (TPSA) is 88.8 Å². The Morgan fingerprint density at radius 1 is 1.03 bits per heavy atom. The van der Waals surface area contributed by atoms with Gasteiger partial charge in [0.25, 0.3) is 0 Å². The lowest BCUT2D eigenvalue weighted by molar-refractivity contribution is -0.141. The first-order valence-corrected chi connectivity index (χ1v) is 8.87. The number of halogens is 3. The maximum Gasteiger partial charge on any atom is 0.406 e. The first kappa shape index (κ1) is 21.2. The highest BCUT2D eigenvalue weighted by molar-refractivity contribution is 6.05. The number of carbonyl (C=O) groups excluding carboxylic acids is 2. The number of alkyl halides is 3. The van der Waals surface area contributed by atoms with Gasteiger partial charge in [-0.1, -0.05) is 24.3 Å². The third kappa shape index (κ3) is 4.10. The van der Waals surface area contributed by atoms with Crippen molar-refractivity contribution in [3.63, 3.8) is 0 Å². The Balaban J connectivity index is 1.79. The molecule has 2 aromatic carbocycles. The molecular weight excluding hydrogens is 403 g/mol. The Bertz CT molecular complexity index is 1150. The van der Waals surface area contributed by atoms with Crippen LogP contribution in [-0.2, 0) is 11.3 Å². The molecule has 3 rings (SSSR count). The number of hydrogen-bond donors (Lipinski definition) is 2. The average Bonchev–Trinajstić information content (AvgIpc) is 2.95. The van der Waals surface area contributed by atoms with Crippen LogP contribution in [0.3, 0.4) is 0 Å². The highest BCUT2D eigenvalue weighted by Gasteiger charge is 2.30. The predicted octanol–water partition coefficient (Wildman–Crippen LogP) is 4.27. The maximum absolute atomic E-state index is 12.7. The molecule has 3 aromatic rings. The van der Waals surface area contributed by atoms with E-state index in [1.165, 1.54) is 26.0 Å². The summed E-state index contributed by atoms with van der Waals surface area (Å²) in [4.78, 5) is 24.8. The number of rotatable bonds is 5. The molecule has 0 atom stereocenters. The van der Waals surface area contributed by atoms with Gasteiger partial charge in [0, 0.05) is 27.7 Å². The van der Waals surface area contributed by atoms with Crippen LogP contribution < -0.4 is 0 Å². The van der Waals surface area contributed by atoms with Crippen LogP contribution in [0.1, 0.15) is 32.1 Å². The van der Waals surface area contributed by atoms with Crippen molar-refractivity contribution in [1.82, 2.24) is 4.57 Å². The SMILES string of the molecule is Cc1cc(C(=O)COC(=O)c2cc(O)c3ccccc3c2O)c(C)n1CC(F)(F)F. The molecule has 0 bridgehead atoms. The van der Waals surface area contributed by atoms with Crippen LogP contribution in [0.15, 0.2) is 36.4 Å². The first-order valence-electron chi connectivity index (χ1n) is 8.87. The van der Waals surface area contributed by atoms with Crippen molar-refractivity contribution in [2.75, 3.05) is 6.61 Å². The first-order chi connectivity index (χ1) is 14.0. The van der Waals surface area contributed by atoms with Gasteiger partial charge >= 0.3 is 12.1 Å². The molecule has 0 saturated carbocycles. The molecule has 0 amide bonds. The number of aromatic hydroxyl groups is 2. The minimum absolute atomic E-state index is 0.00938. The van der Waals surface area contributed by atoms with Gasteiger partial charge in [-0.05, 0) is 26.0 Å². The second-order valence-electron chi connectivity index (χ2n) is 6.82. The number of phenols is 2. The van der Waals surface area contributed by atoms with E-state index in [2.05, 4.69) is 0 Å². The summed E-state index contributed by atoms with van der Waals surface area (Å²) in [6.07, 6.45) is -4.45. The van der Waals surface area contributed by atoms with E-state index in [1.807, 2.05) is 0 Å². The summed E-state index contributed by atoms with van der Waals surface area (Å²) in [5, 5.41) is 20.9. The fourth-order valence-electron chi connectivity index (χ4n) is 3.29. The number of ether oxygens (including phenoxy) is 1. The molecule has 158 valence electrons. The van der Waals surface area contributed by atoms with Gasteiger partial charge in [0.1, 0.15) is 23.6 Å². The molecule has 1 aromatic heterocycles. The number of ketones is 1. The molecule has 0 radical (unpaired) electrons. The largest absolute Gasteiger partial charge is 0.507 e. The second kappa shape index (κ2) is 7.74. The van der Waals surface area contributed by atoms with Crippen LogP contribution in [-0.4, -0.2) is 39.3 Å². The Kier molecular flexibility index (Phi) is 5.47. The van der Waals surface area contributed by atoms with Crippen molar-refractivity contribution >= 4 is 22.5 Å². The summed E-state index contributed by atoms with van der Waals surface area (Å²) in [5.41, 5.74) is 0.0327. The molecule has 1 heterocycles. The lowest BCUT2D eigenvalue weighted by Crippen LogP contribution is -2.20.